The van der Waals surface area contributed by atoms with E-state index in [1.165, 1.54) is 0 Å². The molecule has 0 aliphatic rings. The van der Waals surface area contributed by atoms with E-state index in [2.05, 4.69) is 37.7 Å². The van der Waals surface area contributed by atoms with Crippen LogP contribution in [0.2, 0.25) is 0 Å². The van der Waals surface area contributed by atoms with Gasteiger partial charge in [-0.2, -0.15) is 0 Å². The van der Waals surface area contributed by atoms with E-state index in [4.69, 9.17) is 0 Å². The molecule has 1 aromatic heterocycles. The lowest BCUT2D eigenvalue weighted by Crippen LogP contribution is -2.39. The number of hydrogen-bond acceptors (Lipinski definition) is 3. The monoisotopic (exact) mass is 532 g/mol. The van der Waals surface area contributed by atoms with Crippen molar-refractivity contribution in [3.63, 3.8) is 0 Å². The van der Waals surface area contributed by atoms with Crippen molar-refractivity contribution in [3.05, 3.63) is 78.2 Å². The van der Waals surface area contributed by atoms with Crippen LogP contribution in [-0.2, 0) is 6.54 Å². The van der Waals surface area contributed by atoms with Crippen molar-refractivity contribution in [2.24, 2.45) is 4.99 Å². The first-order valence-corrected chi connectivity index (χ1v) is 10.1. The Kier molecular flexibility index (Phi) is 10.0. The zero-order chi connectivity index (χ0) is 21.2. The summed E-state index contributed by atoms with van der Waals surface area (Å²) in [6, 6.07) is 19.3. The minimum atomic E-state index is -0.0896. The minimum Gasteiger partial charge on any atom is -0.357 e. The second-order valence-corrected chi connectivity index (χ2v) is 6.82. The SMILES string of the molecule is CCNC(=NCCNC(=O)c1ccccc1)N(C)Cc1ncc(-c2ccccc2)[nH]1.I. The summed E-state index contributed by atoms with van der Waals surface area (Å²) in [6.07, 6.45) is 1.85. The third-order valence-corrected chi connectivity index (χ3v) is 4.49. The van der Waals surface area contributed by atoms with Crippen molar-refractivity contribution < 1.29 is 4.79 Å². The molecular formula is C23H29IN6O. The number of aromatic amines is 1. The van der Waals surface area contributed by atoms with Gasteiger partial charge in [0.15, 0.2) is 5.96 Å². The molecular weight excluding hydrogens is 503 g/mol. The van der Waals surface area contributed by atoms with Crippen LogP contribution < -0.4 is 10.6 Å². The zero-order valence-electron chi connectivity index (χ0n) is 17.8. The molecule has 0 radical (unpaired) electrons. The van der Waals surface area contributed by atoms with Crippen LogP contribution in [0.15, 0.2) is 71.9 Å². The second-order valence-electron chi connectivity index (χ2n) is 6.82. The Labute approximate surface area is 200 Å². The summed E-state index contributed by atoms with van der Waals surface area (Å²) in [5.41, 5.74) is 2.75. The number of rotatable bonds is 8. The van der Waals surface area contributed by atoms with Gasteiger partial charge in [0.2, 0.25) is 0 Å². The molecule has 0 spiro atoms. The van der Waals surface area contributed by atoms with Crippen LogP contribution >= 0.6 is 24.0 Å². The van der Waals surface area contributed by atoms with Crippen LogP contribution in [0.3, 0.4) is 0 Å². The lowest BCUT2D eigenvalue weighted by atomic mass is 10.2. The number of nitrogens with zero attached hydrogens (tertiary/aromatic N) is 3. The number of carbonyl (C=O) groups excluding carboxylic acids is 1. The van der Waals surface area contributed by atoms with Crippen molar-refractivity contribution in [1.29, 1.82) is 0 Å². The van der Waals surface area contributed by atoms with Crippen molar-refractivity contribution >= 4 is 35.8 Å². The average molecular weight is 532 g/mol. The summed E-state index contributed by atoms with van der Waals surface area (Å²) in [4.78, 5) is 26.6. The van der Waals surface area contributed by atoms with Gasteiger partial charge in [-0.05, 0) is 24.6 Å². The summed E-state index contributed by atoms with van der Waals surface area (Å²) in [5.74, 6) is 1.54. The molecule has 8 heteroatoms. The number of carbonyl (C=O) groups is 1. The highest BCUT2D eigenvalue weighted by molar-refractivity contribution is 14.0. The first-order valence-electron chi connectivity index (χ1n) is 10.1. The molecule has 164 valence electrons. The van der Waals surface area contributed by atoms with Gasteiger partial charge in [0.05, 0.1) is 25.0 Å². The van der Waals surface area contributed by atoms with Gasteiger partial charge in [-0.3, -0.25) is 9.79 Å². The number of benzene rings is 2. The highest BCUT2D eigenvalue weighted by Crippen LogP contribution is 2.16. The van der Waals surface area contributed by atoms with Gasteiger partial charge in [0.1, 0.15) is 5.82 Å². The molecule has 0 aliphatic carbocycles. The molecule has 0 unspecified atom stereocenters. The van der Waals surface area contributed by atoms with Crippen molar-refractivity contribution in [3.8, 4) is 11.3 Å². The van der Waals surface area contributed by atoms with E-state index in [9.17, 15) is 4.79 Å². The zero-order valence-corrected chi connectivity index (χ0v) is 20.2. The minimum absolute atomic E-state index is 0. The van der Waals surface area contributed by atoms with Gasteiger partial charge in [-0.25, -0.2) is 4.98 Å². The summed E-state index contributed by atoms with van der Waals surface area (Å²) in [6.45, 7) is 4.33. The van der Waals surface area contributed by atoms with Gasteiger partial charge in [-0.1, -0.05) is 48.5 Å². The van der Waals surface area contributed by atoms with E-state index in [1.807, 2.05) is 61.5 Å². The Morgan fingerprint density at radius 3 is 2.42 bits per heavy atom. The maximum atomic E-state index is 12.1. The standard InChI is InChI=1S/C23H28N6O.HI/c1-3-24-23(26-15-14-25-22(30)19-12-8-5-9-13-19)29(2)17-21-27-16-20(28-21)18-10-6-4-7-11-18;/h4-13,16H,3,14-15,17H2,1-2H3,(H,24,26)(H,25,30)(H,27,28);1H. The van der Waals surface area contributed by atoms with E-state index >= 15 is 0 Å². The molecule has 3 rings (SSSR count). The van der Waals surface area contributed by atoms with E-state index in [0.29, 0.717) is 25.2 Å². The lowest BCUT2D eigenvalue weighted by molar-refractivity contribution is 0.0955. The molecule has 0 saturated heterocycles. The van der Waals surface area contributed by atoms with Crippen molar-refractivity contribution in [1.82, 2.24) is 25.5 Å². The fourth-order valence-corrected chi connectivity index (χ4v) is 3.00. The van der Waals surface area contributed by atoms with Gasteiger partial charge >= 0.3 is 0 Å². The number of nitrogens with one attached hydrogen (secondary N) is 3. The maximum absolute atomic E-state index is 12.1. The Bertz CT molecular complexity index is 958. The third kappa shape index (κ3) is 7.39. The predicted molar refractivity (Wildman–Crippen MR) is 136 cm³/mol. The number of guanidine groups is 1. The van der Waals surface area contributed by atoms with Crippen LogP contribution in [0.5, 0.6) is 0 Å². The molecule has 31 heavy (non-hydrogen) atoms. The topological polar surface area (TPSA) is 85.4 Å². The quantitative estimate of drug-likeness (QED) is 0.180. The number of amides is 1. The first kappa shape index (κ1) is 24.4. The van der Waals surface area contributed by atoms with Crippen LogP contribution in [-0.4, -0.2) is 53.4 Å². The van der Waals surface area contributed by atoms with Crippen molar-refractivity contribution in [2.75, 3.05) is 26.7 Å². The predicted octanol–water partition coefficient (Wildman–Crippen LogP) is 3.52. The lowest BCUT2D eigenvalue weighted by Gasteiger charge is -2.21. The van der Waals surface area contributed by atoms with Crippen LogP contribution in [0, 0.1) is 0 Å². The molecule has 7 nitrogen and oxygen atoms in total. The molecule has 1 amide bonds. The number of aromatic nitrogens is 2. The Morgan fingerprint density at radius 1 is 1.06 bits per heavy atom. The van der Waals surface area contributed by atoms with Gasteiger partial charge in [-0.15, -0.1) is 24.0 Å². The van der Waals surface area contributed by atoms with Gasteiger partial charge in [0, 0.05) is 25.7 Å². The normalized spacial score (nSPS) is 10.8. The Morgan fingerprint density at radius 2 is 1.74 bits per heavy atom. The van der Waals surface area contributed by atoms with Gasteiger partial charge in [0.25, 0.3) is 5.91 Å². The average Bonchev–Trinajstić information content (AvgIpc) is 3.25. The van der Waals surface area contributed by atoms with E-state index < -0.39 is 0 Å². The molecule has 0 aliphatic heterocycles. The molecule has 0 bridgehead atoms. The number of aliphatic imine (C=N–C) groups is 1. The highest BCUT2D eigenvalue weighted by atomic mass is 127. The number of H-pyrrole nitrogens is 1. The molecule has 3 N–H and O–H groups in total. The summed E-state index contributed by atoms with van der Waals surface area (Å²) in [7, 11) is 1.97. The fraction of sp³-hybridized carbons (Fsp3) is 0.261. The fourth-order valence-electron chi connectivity index (χ4n) is 3.00. The Balaban J connectivity index is 0.00000341. The van der Waals surface area contributed by atoms with Crippen LogP contribution in [0.25, 0.3) is 11.3 Å². The van der Waals surface area contributed by atoms with Crippen LogP contribution in [0.1, 0.15) is 23.1 Å². The molecule has 1 heterocycles. The molecule has 0 saturated carbocycles. The van der Waals surface area contributed by atoms with E-state index in [1.54, 1.807) is 12.1 Å². The third-order valence-electron chi connectivity index (χ3n) is 4.49. The largest absolute Gasteiger partial charge is 0.357 e. The summed E-state index contributed by atoms with van der Waals surface area (Å²) >= 11 is 0. The second kappa shape index (κ2) is 12.7. The highest BCUT2D eigenvalue weighted by Gasteiger charge is 2.10. The first-order chi connectivity index (χ1) is 14.7. The summed E-state index contributed by atoms with van der Waals surface area (Å²) < 4.78 is 0. The number of hydrogen-bond donors (Lipinski definition) is 3. The smallest absolute Gasteiger partial charge is 0.251 e. The molecule has 0 fully saturated rings. The Hall–Kier alpha value is -2.88. The summed E-state index contributed by atoms with van der Waals surface area (Å²) in [5, 5.41) is 6.18. The van der Waals surface area contributed by atoms with Crippen molar-refractivity contribution in [2.45, 2.75) is 13.5 Å². The van der Waals surface area contributed by atoms with E-state index in [-0.39, 0.29) is 29.9 Å². The molecule has 3 aromatic rings. The molecule has 2 aromatic carbocycles. The number of halogens is 1. The van der Waals surface area contributed by atoms with E-state index in [0.717, 1.165) is 29.6 Å². The number of imidazole rings is 1. The van der Waals surface area contributed by atoms with Gasteiger partial charge < -0.3 is 20.5 Å². The van der Waals surface area contributed by atoms with Crippen LogP contribution in [0.4, 0.5) is 0 Å². The molecule has 0 atom stereocenters. The maximum Gasteiger partial charge on any atom is 0.251 e.